The number of hydrogen-bond donors (Lipinski definition) is 4. The number of halogens is 1. The molecule has 2 atom stereocenters. The lowest BCUT2D eigenvalue weighted by Crippen LogP contribution is -2.38. The first kappa shape index (κ1) is 28.2. The van der Waals surface area contributed by atoms with Crippen molar-refractivity contribution in [2.75, 3.05) is 13.6 Å². The number of nitrogens with zero attached hydrogens (tertiary/aromatic N) is 5. The fraction of sp³-hybridized carbons (Fsp3) is 0.565. The third-order valence-corrected chi connectivity index (χ3v) is 6.92. The normalized spacial score (nSPS) is 13.5. The summed E-state index contributed by atoms with van der Waals surface area (Å²) in [7, 11) is 1.98. The number of hydrazine groups is 1. The van der Waals surface area contributed by atoms with Crippen molar-refractivity contribution in [2.24, 2.45) is 16.8 Å². The van der Waals surface area contributed by atoms with Gasteiger partial charge in [0, 0.05) is 42.5 Å². The summed E-state index contributed by atoms with van der Waals surface area (Å²) in [6.07, 6.45) is 2.12. The molecule has 35 heavy (non-hydrogen) atoms. The lowest BCUT2D eigenvalue weighted by molar-refractivity contribution is -0.120. The molecule has 2 aromatic heterocycles. The Hall–Kier alpha value is -2.99. The van der Waals surface area contributed by atoms with Crippen molar-refractivity contribution in [1.82, 2.24) is 30.4 Å². The van der Waals surface area contributed by atoms with Gasteiger partial charge in [0.25, 0.3) is 0 Å². The highest BCUT2D eigenvalue weighted by atomic mass is 32.1. The molecule has 2 aromatic rings. The molecule has 2 rings (SSSR count). The van der Waals surface area contributed by atoms with Crippen molar-refractivity contribution in [3.63, 3.8) is 0 Å². The second-order valence-corrected chi connectivity index (χ2v) is 9.90. The van der Waals surface area contributed by atoms with Crippen LogP contribution in [0, 0.1) is 12.1 Å². The van der Waals surface area contributed by atoms with Crippen LogP contribution in [0.25, 0.3) is 0 Å². The predicted molar refractivity (Wildman–Crippen MR) is 138 cm³/mol. The Morgan fingerprint density at radius 1 is 1.37 bits per heavy atom. The highest BCUT2D eigenvalue weighted by molar-refractivity contribution is 7.10. The fourth-order valence-electron chi connectivity index (χ4n) is 3.89. The van der Waals surface area contributed by atoms with Gasteiger partial charge in [0.15, 0.2) is 5.13 Å². The number of amides is 1. The molecular weight excluding hydrogens is 469 g/mol. The van der Waals surface area contributed by atoms with Crippen LogP contribution in [0.15, 0.2) is 29.5 Å². The van der Waals surface area contributed by atoms with Crippen LogP contribution in [0.2, 0.25) is 0 Å². The van der Waals surface area contributed by atoms with E-state index < -0.39 is 0 Å². The van der Waals surface area contributed by atoms with E-state index in [-0.39, 0.29) is 41.3 Å². The minimum atomic E-state index is -0.376. The molecule has 0 radical (unpaired) electrons. The van der Waals surface area contributed by atoms with Crippen molar-refractivity contribution in [3.05, 3.63) is 46.1 Å². The van der Waals surface area contributed by atoms with E-state index in [1.807, 2.05) is 14.0 Å². The van der Waals surface area contributed by atoms with E-state index in [0.717, 1.165) is 46.4 Å². The summed E-state index contributed by atoms with van der Waals surface area (Å²) in [5, 5.41) is 14.7. The van der Waals surface area contributed by atoms with E-state index in [1.165, 1.54) is 6.07 Å². The molecule has 194 valence electrons. The van der Waals surface area contributed by atoms with Crippen LogP contribution in [0.1, 0.15) is 81.0 Å². The number of nitrogens with two attached hydrogens (primary N) is 2. The van der Waals surface area contributed by atoms with Gasteiger partial charge in [-0.05, 0) is 31.9 Å². The first-order chi connectivity index (χ1) is 16.6. The summed E-state index contributed by atoms with van der Waals surface area (Å²) in [5.74, 6) is 12.5. The lowest BCUT2D eigenvalue weighted by Gasteiger charge is -2.29. The quantitative estimate of drug-likeness (QED) is 0.141. The third-order valence-electron chi connectivity index (χ3n) is 5.93. The molecule has 0 saturated carbocycles. The first-order valence-corrected chi connectivity index (χ1v) is 12.5. The number of aromatic nitrogens is 3. The van der Waals surface area contributed by atoms with Crippen LogP contribution in [0.3, 0.4) is 0 Å². The van der Waals surface area contributed by atoms with E-state index in [0.29, 0.717) is 13.0 Å². The van der Waals surface area contributed by atoms with Crippen LogP contribution >= 0.6 is 11.3 Å². The van der Waals surface area contributed by atoms with Crippen LogP contribution in [-0.2, 0) is 4.79 Å². The maximum absolute atomic E-state index is 13.7. The minimum absolute atomic E-state index is 0.103. The third kappa shape index (κ3) is 7.76. The molecule has 0 aromatic carbocycles. The van der Waals surface area contributed by atoms with E-state index in [9.17, 15) is 9.18 Å². The number of carbonyl (C=O) groups is 1. The molecule has 2 unspecified atom stereocenters. The van der Waals surface area contributed by atoms with Crippen molar-refractivity contribution < 1.29 is 9.18 Å². The van der Waals surface area contributed by atoms with Crippen molar-refractivity contribution in [3.8, 4) is 0 Å². The number of rotatable bonds is 13. The number of hydrazone groups is 1. The summed E-state index contributed by atoms with van der Waals surface area (Å²) < 4.78 is 15.9. The molecule has 10 nitrogen and oxygen atoms in total. The summed E-state index contributed by atoms with van der Waals surface area (Å²) in [6.45, 7) is 13.3. The molecule has 0 bridgehead atoms. The SMILES string of the molecule is C=C(CC(CC)n1c(C)nnc1C(C)C)N(C)CCC(NC(=O)C/C(=N/N)NN)c1ccc(F)s1. The van der Waals surface area contributed by atoms with Crippen LogP contribution < -0.4 is 22.4 Å². The number of amidine groups is 1. The molecule has 0 aliphatic rings. The average molecular weight is 508 g/mol. The minimum Gasteiger partial charge on any atom is -0.378 e. The second kappa shape index (κ2) is 13.2. The number of allylic oxidation sites excluding steroid dienone is 1. The zero-order chi connectivity index (χ0) is 26.1. The molecule has 6 N–H and O–H groups in total. The van der Waals surface area contributed by atoms with Crippen molar-refractivity contribution in [2.45, 2.75) is 71.4 Å². The monoisotopic (exact) mass is 507 g/mol. The zero-order valence-electron chi connectivity index (χ0n) is 21.2. The van der Waals surface area contributed by atoms with Gasteiger partial charge in [-0.1, -0.05) is 27.4 Å². The van der Waals surface area contributed by atoms with E-state index in [4.69, 9.17) is 11.7 Å². The molecule has 12 heteroatoms. The van der Waals surface area contributed by atoms with Gasteiger partial charge in [-0.3, -0.25) is 4.79 Å². The number of hydrogen-bond acceptors (Lipinski definition) is 8. The molecule has 2 heterocycles. The Morgan fingerprint density at radius 2 is 2.09 bits per heavy atom. The van der Waals surface area contributed by atoms with E-state index >= 15 is 0 Å². The maximum atomic E-state index is 13.7. The van der Waals surface area contributed by atoms with E-state index in [2.05, 4.69) is 62.9 Å². The summed E-state index contributed by atoms with van der Waals surface area (Å²) in [5.41, 5.74) is 3.26. The van der Waals surface area contributed by atoms with Gasteiger partial charge < -0.3 is 26.1 Å². The number of carbonyl (C=O) groups excluding carboxylic acids is 1. The van der Waals surface area contributed by atoms with Gasteiger partial charge in [-0.15, -0.1) is 21.5 Å². The summed E-state index contributed by atoms with van der Waals surface area (Å²) in [4.78, 5) is 15.3. The van der Waals surface area contributed by atoms with E-state index in [1.54, 1.807) is 6.07 Å². The highest BCUT2D eigenvalue weighted by Gasteiger charge is 2.22. The van der Waals surface area contributed by atoms with Gasteiger partial charge in [0.2, 0.25) is 5.91 Å². The number of nitrogens with one attached hydrogen (secondary N) is 2. The topological polar surface area (TPSA) is 139 Å². The van der Waals surface area contributed by atoms with Gasteiger partial charge in [-0.25, -0.2) is 5.84 Å². The predicted octanol–water partition coefficient (Wildman–Crippen LogP) is 3.07. The fourth-order valence-corrected chi connectivity index (χ4v) is 4.71. The van der Waals surface area contributed by atoms with Gasteiger partial charge in [0.05, 0.1) is 12.5 Å². The van der Waals surface area contributed by atoms with Crippen molar-refractivity contribution >= 4 is 23.1 Å². The number of aryl methyl sites for hydroxylation is 1. The maximum Gasteiger partial charge on any atom is 0.228 e. The van der Waals surface area contributed by atoms with Crippen LogP contribution in [-0.4, -0.2) is 45.0 Å². The largest absolute Gasteiger partial charge is 0.378 e. The molecule has 0 aliphatic carbocycles. The summed E-state index contributed by atoms with van der Waals surface area (Å²) >= 11 is 1.01. The first-order valence-electron chi connectivity index (χ1n) is 11.7. The van der Waals surface area contributed by atoms with Crippen LogP contribution in [0.4, 0.5) is 4.39 Å². The smallest absolute Gasteiger partial charge is 0.228 e. The molecule has 1 amide bonds. The zero-order valence-corrected chi connectivity index (χ0v) is 22.0. The Balaban J connectivity index is 2.06. The second-order valence-electron chi connectivity index (χ2n) is 8.83. The highest BCUT2D eigenvalue weighted by Crippen LogP contribution is 2.29. The van der Waals surface area contributed by atoms with Crippen LogP contribution in [0.5, 0.6) is 0 Å². The molecule has 0 fully saturated rings. The molecular formula is C23H38FN9OS. The lowest BCUT2D eigenvalue weighted by atomic mass is 10.1. The van der Waals surface area contributed by atoms with Gasteiger partial charge in [-0.2, -0.15) is 9.49 Å². The standard InChI is InChI=1S/C23H38FN9OS/c1-7-17(33-16(5)30-31-23(33)14(2)3)12-15(4)32(6)11-10-18(19-8-9-20(24)35-19)27-22(34)13-21(28-25)29-26/h8-9,14,17-18H,4,7,10-13,25-26H2,1-3,5-6H3,(H,27,34)(H,28,29). The van der Waals surface area contributed by atoms with Gasteiger partial charge >= 0.3 is 0 Å². The Kier molecular flexibility index (Phi) is 10.6. The number of thiophene rings is 1. The average Bonchev–Trinajstić information content (AvgIpc) is 3.43. The Labute approximate surface area is 210 Å². The molecule has 0 saturated heterocycles. The van der Waals surface area contributed by atoms with Gasteiger partial charge in [0.1, 0.15) is 17.5 Å². The molecule has 0 spiro atoms. The Bertz CT molecular complexity index is 1020. The Morgan fingerprint density at radius 3 is 2.63 bits per heavy atom. The summed E-state index contributed by atoms with van der Waals surface area (Å²) in [6, 6.07) is 2.90. The van der Waals surface area contributed by atoms with Crippen molar-refractivity contribution in [1.29, 1.82) is 0 Å². The molecule has 0 aliphatic heterocycles.